The van der Waals surface area contributed by atoms with Crippen LogP contribution in [0.4, 0.5) is 8.78 Å². The zero-order valence-corrected chi connectivity index (χ0v) is 10.9. The zero-order valence-electron chi connectivity index (χ0n) is 10.9. The van der Waals surface area contributed by atoms with E-state index < -0.39 is 23.1 Å². The van der Waals surface area contributed by atoms with Crippen LogP contribution in [0, 0.1) is 11.6 Å². The van der Waals surface area contributed by atoms with Crippen molar-refractivity contribution >= 4 is 5.91 Å². The molecule has 0 fully saturated rings. The first kappa shape index (κ1) is 15.5. The summed E-state index contributed by atoms with van der Waals surface area (Å²) in [6.07, 6.45) is 0.288. The van der Waals surface area contributed by atoms with E-state index in [0.29, 0.717) is 0 Å². The Bertz CT molecular complexity index is 446. The van der Waals surface area contributed by atoms with Gasteiger partial charge in [-0.1, -0.05) is 0 Å². The third-order valence-corrected chi connectivity index (χ3v) is 2.72. The quantitative estimate of drug-likeness (QED) is 0.825. The van der Waals surface area contributed by atoms with Crippen molar-refractivity contribution in [3.05, 3.63) is 35.4 Å². The third kappa shape index (κ3) is 4.25. The minimum atomic E-state index is -1.08. The van der Waals surface area contributed by atoms with Crippen LogP contribution >= 0.6 is 0 Å². The van der Waals surface area contributed by atoms with Crippen molar-refractivity contribution in [2.45, 2.75) is 18.9 Å². The van der Waals surface area contributed by atoms with Gasteiger partial charge in [0.05, 0.1) is 12.1 Å². The number of carbonyl (C=O) groups is 1. The van der Waals surface area contributed by atoms with E-state index in [9.17, 15) is 13.6 Å². The van der Waals surface area contributed by atoms with E-state index in [-0.39, 0.29) is 25.2 Å². The smallest absolute Gasteiger partial charge is 0.251 e. The summed E-state index contributed by atoms with van der Waals surface area (Å²) in [7, 11) is 1.47. The monoisotopic (exact) mass is 273 g/mol. The van der Waals surface area contributed by atoms with Gasteiger partial charge in [-0.3, -0.25) is 4.79 Å². The van der Waals surface area contributed by atoms with E-state index in [1.807, 2.05) is 0 Å². The van der Waals surface area contributed by atoms with Crippen molar-refractivity contribution in [1.82, 2.24) is 5.32 Å². The number of methoxy groups -OCH3 is 1. The van der Waals surface area contributed by atoms with Crippen LogP contribution in [-0.4, -0.2) is 36.9 Å². The maximum absolute atomic E-state index is 13.0. The van der Waals surface area contributed by atoms with Crippen molar-refractivity contribution in [1.29, 1.82) is 0 Å². The lowest BCUT2D eigenvalue weighted by Gasteiger charge is -2.29. The first-order valence-corrected chi connectivity index (χ1v) is 5.79. The van der Waals surface area contributed by atoms with Gasteiger partial charge in [0, 0.05) is 19.3 Å². The zero-order chi connectivity index (χ0) is 14.5. The summed E-state index contributed by atoms with van der Waals surface area (Å²) in [6.45, 7) is 1.77. The summed E-state index contributed by atoms with van der Waals surface area (Å²) in [5.41, 5.74) is -0.759. The number of halogens is 2. The number of ether oxygens (including phenoxy) is 1. The number of nitrogens with one attached hydrogen (secondary N) is 1. The lowest BCUT2D eigenvalue weighted by Crippen LogP contribution is -2.50. The summed E-state index contributed by atoms with van der Waals surface area (Å²) in [5, 5.41) is 11.6. The normalized spacial score (nSPS) is 13.9. The Morgan fingerprint density at radius 2 is 2.11 bits per heavy atom. The Hall–Kier alpha value is -1.53. The Morgan fingerprint density at radius 3 is 2.63 bits per heavy atom. The Balaban J connectivity index is 2.84. The number of carbonyl (C=O) groups excluding carboxylic acids is 1. The van der Waals surface area contributed by atoms with Gasteiger partial charge in [-0.2, -0.15) is 0 Å². The SMILES string of the molecule is COCC(C)(CCO)NC(=O)c1ccc(F)c(F)c1. The molecule has 0 aliphatic rings. The molecule has 0 aliphatic carbocycles. The van der Waals surface area contributed by atoms with Crippen LogP contribution in [0.5, 0.6) is 0 Å². The van der Waals surface area contributed by atoms with Gasteiger partial charge in [0.2, 0.25) is 0 Å². The summed E-state index contributed by atoms with van der Waals surface area (Å²) in [5.74, 6) is -2.64. The highest BCUT2D eigenvalue weighted by Crippen LogP contribution is 2.13. The second-order valence-corrected chi connectivity index (χ2v) is 4.55. The van der Waals surface area contributed by atoms with Gasteiger partial charge in [-0.05, 0) is 31.5 Å². The standard InChI is InChI=1S/C13H17F2NO3/c1-13(5-6-17,8-19-2)16-12(18)9-3-4-10(14)11(15)7-9/h3-4,7,17H,5-6,8H2,1-2H3,(H,16,18). The molecule has 1 rings (SSSR count). The second kappa shape index (κ2) is 6.58. The molecule has 1 atom stereocenters. The molecule has 0 aromatic heterocycles. The van der Waals surface area contributed by atoms with E-state index in [1.54, 1.807) is 6.92 Å². The van der Waals surface area contributed by atoms with Crippen molar-refractivity contribution in [3.63, 3.8) is 0 Å². The molecular weight excluding hydrogens is 256 g/mol. The molecule has 2 N–H and O–H groups in total. The topological polar surface area (TPSA) is 58.6 Å². The number of amides is 1. The largest absolute Gasteiger partial charge is 0.396 e. The molecule has 1 amide bonds. The molecular formula is C13H17F2NO3. The maximum Gasteiger partial charge on any atom is 0.251 e. The molecule has 1 aromatic carbocycles. The van der Waals surface area contributed by atoms with Gasteiger partial charge in [-0.25, -0.2) is 8.78 Å². The van der Waals surface area contributed by atoms with Crippen molar-refractivity contribution < 1.29 is 23.4 Å². The molecule has 1 unspecified atom stereocenters. The molecule has 0 spiro atoms. The van der Waals surface area contributed by atoms with Crippen LogP contribution in [0.1, 0.15) is 23.7 Å². The third-order valence-electron chi connectivity index (χ3n) is 2.72. The van der Waals surface area contributed by atoms with Crippen molar-refractivity contribution in [2.24, 2.45) is 0 Å². The second-order valence-electron chi connectivity index (χ2n) is 4.55. The molecule has 19 heavy (non-hydrogen) atoms. The predicted octanol–water partition coefficient (Wildman–Crippen LogP) is 1.48. The first-order valence-electron chi connectivity index (χ1n) is 5.79. The predicted molar refractivity (Wildman–Crippen MR) is 65.8 cm³/mol. The average molecular weight is 273 g/mol. The Labute approximate surface area is 110 Å². The highest BCUT2D eigenvalue weighted by molar-refractivity contribution is 5.94. The molecule has 0 saturated heterocycles. The van der Waals surface area contributed by atoms with Gasteiger partial charge >= 0.3 is 0 Å². The van der Waals surface area contributed by atoms with Crippen LogP contribution in [-0.2, 0) is 4.74 Å². The molecule has 0 aliphatic heterocycles. The number of rotatable bonds is 6. The van der Waals surface area contributed by atoms with E-state index in [2.05, 4.69) is 5.32 Å². The maximum atomic E-state index is 13.0. The number of hydrogen-bond donors (Lipinski definition) is 2. The van der Waals surface area contributed by atoms with Crippen molar-refractivity contribution in [3.8, 4) is 0 Å². The number of hydrogen-bond acceptors (Lipinski definition) is 3. The van der Waals surface area contributed by atoms with Crippen LogP contribution in [0.25, 0.3) is 0 Å². The van der Waals surface area contributed by atoms with Gasteiger partial charge in [0.1, 0.15) is 0 Å². The van der Waals surface area contributed by atoms with Crippen LogP contribution in [0.3, 0.4) is 0 Å². The fraction of sp³-hybridized carbons (Fsp3) is 0.462. The van der Waals surface area contributed by atoms with Gasteiger partial charge in [0.15, 0.2) is 11.6 Å². The van der Waals surface area contributed by atoms with Crippen LogP contribution in [0.15, 0.2) is 18.2 Å². The molecule has 4 nitrogen and oxygen atoms in total. The minimum absolute atomic E-state index is 0.0131. The summed E-state index contributed by atoms with van der Waals surface area (Å²) in [4.78, 5) is 11.9. The minimum Gasteiger partial charge on any atom is -0.396 e. The van der Waals surface area contributed by atoms with Crippen LogP contribution in [0.2, 0.25) is 0 Å². The van der Waals surface area contributed by atoms with Crippen molar-refractivity contribution in [2.75, 3.05) is 20.3 Å². The highest BCUT2D eigenvalue weighted by Gasteiger charge is 2.26. The molecule has 0 radical (unpaired) electrons. The number of benzene rings is 1. The fourth-order valence-electron chi connectivity index (χ4n) is 1.72. The molecule has 0 saturated carbocycles. The molecule has 0 heterocycles. The number of aliphatic hydroxyl groups excluding tert-OH is 1. The molecule has 1 aromatic rings. The first-order chi connectivity index (χ1) is 8.91. The fourth-order valence-corrected chi connectivity index (χ4v) is 1.72. The Kier molecular flexibility index (Phi) is 5.38. The van der Waals surface area contributed by atoms with Gasteiger partial charge < -0.3 is 15.2 Å². The van der Waals surface area contributed by atoms with E-state index in [4.69, 9.17) is 9.84 Å². The molecule has 0 bridgehead atoms. The van der Waals surface area contributed by atoms with Crippen LogP contribution < -0.4 is 5.32 Å². The average Bonchev–Trinajstić information content (AvgIpc) is 2.32. The van der Waals surface area contributed by atoms with E-state index in [0.717, 1.165) is 12.1 Å². The van der Waals surface area contributed by atoms with Gasteiger partial charge in [-0.15, -0.1) is 0 Å². The summed E-state index contributed by atoms with van der Waals surface area (Å²) < 4.78 is 30.8. The van der Waals surface area contributed by atoms with Gasteiger partial charge in [0.25, 0.3) is 5.91 Å². The summed E-state index contributed by atoms with van der Waals surface area (Å²) >= 11 is 0. The lowest BCUT2D eigenvalue weighted by molar-refractivity contribution is 0.0725. The number of aliphatic hydroxyl groups is 1. The molecule has 6 heteroatoms. The van der Waals surface area contributed by atoms with E-state index in [1.165, 1.54) is 13.2 Å². The lowest BCUT2D eigenvalue weighted by atomic mass is 9.98. The Morgan fingerprint density at radius 1 is 1.42 bits per heavy atom. The summed E-state index contributed by atoms with van der Waals surface area (Å²) in [6, 6.07) is 2.92. The van der Waals surface area contributed by atoms with E-state index >= 15 is 0 Å². The highest BCUT2D eigenvalue weighted by atomic mass is 19.2. The molecule has 106 valence electrons.